The minimum atomic E-state index is 0.546. The number of hydrogen-bond acceptors (Lipinski definition) is 4. The molecule has 0 amide bonds. The molecule has 0 radical (unpaired) electrons. The van der Waals surface area contributed by atoms with Crippen molar-refractivity contribution < 1.29 is 0 Å². The van der Waals surface area contributed by atoms with Gasteiger partial charge in [0.15, 0.2) is 0 Å². The van der Waals surface area contributed by atoms with Crippen LogP contribution in [0.1, 0.15) is 12.5 Å². The van der Waals surface area contributed by atoms with Crippen LogP contribution in [0.3, 0.4) is 0 Å². The fourth-order valence-electron chi connectivity index (χ4n) is 3.09. The highest BCUT2D eigenvalue weighted by molar-refractivity contribution is 7.99. The van der Waals surface area contributed by atoms with Gasteiger partial charge in [-0.3, -0.25) is 0 Å². The van der Waals surface area contributed by atoms with E-state index in [0.717, 1.165) is 18.7 Å². The molecule has 0 fully saturated rings. The largest absolute Gasteiger partial charge is 0.339 e. The van der Waals surface area contributed by atoms with Gasteiger partial charge in [-0.25, -0.2) is 0 Å². The average molecular weight is 323 g/mol. The first-order valence-corrected chi connectivity index (χ1v) is 8.63. The Morgan fingerprint density at radius 1 is 1.13 bits per heavy atom. The first-order chi connectivity index (χ1) is 11.1. The molecule has 0 aromatic heterocycles. The molecule has 1 heterocycles. The molecular weight excluding hydrogens is 302 g/mol. The van der Waals surface area contributed by atoms with Crippen molar-refractivity contribution in [2.24, 2.45) is 5.92 Å². The third-order valence-corrected chi connectivity index (χ3v) is 5.04. The highest BCUT2D eigenvalue weighted by Crippen LogP contribution is 2.48. The number of fused-ring (bicyclic) bond motifs is 2. The Hall–Kier alpha value is -1.96. The van der Waals surface area contributed by atoms with Crippen molar-refractivity contribution in [2.45, 2.75) is 16.7 Å². The summed E-state index contributed by atoms with van der Waals surface area (Å²) in [6.07, 6.45) is 0. The van der Waals surface area contributed by atoms with E-state index in [1.807, 2.05) is 12.1 Å². The molecule has 0 aliphatic carbocycles. The zero-order valence-corrected chi connectivity index (χ0v) is 14.6. The van der Waals surface area contributed by atoms with Crippen molar-refractivity contribution in [3.63, 3.8) is 0 Å². The second-order valence-corrected chi connectivity index (χ2v) is 7.43. The van der Waals surface area contributed by atoms with E-state index >= 15 is 0 Å². The van der Waals surface area contributed by atoms with Crippen LogP contribution in [0.25, 0.3) is 0 Å². The molecule has 0 saturated heterocycles. The molecule has 118 valence electrons. The number of hydrogen-bond donors (Lipinski definition) is 0. The quantitative estimate of drug-likeness (QED) is 0.836. The van der Waals surface area contributed by atoms with Gasteiger partial charge < -0.3 is 9.80 Å². The minimum Gasteiger partial charge on any atom is -0.339 e. The molecule has 1 aliphatic heterocycles. The Balaban J connectivity index is 1.99. The summed E-state index contributed by atoms with van der Waals surface area (Å²) < 4.78 is 0. The number of nitriles is 1. The molecule has 2 aromatic rings. The van der Waals surface area contributed by atoms with Gasteiger partial charge >= 0.3 is 0 Å². The van der Waals surface area contributed by atoms with Gasteiger partial charge in [0.1, 0.15) is 0 Å². The lowest BCUT2D eigenvalue weighted by atomic mass is 10.1. The van der Waals surface area contributed by atoms with Gasteiger partial charge in [-0.1, -0.05) is 30.8 Å². The molecule has 1 atom stereocenters. The van der Waals surface area contributed by atoms with E-state index in [0.29, 0.717) is 5.92 Å². The maximum atomic E-state index is 9.17. The fourth-order valence-corrected chi connectivity index (χ4v) is 4.23. The Labute approximate surface area is 142 Å². The second-order valence-electron chi connectivity index (χ2n) is 6.34. The molecule has 0 spiro atoms. The number of benzene rings is 2. The molecular formula is C19H21N3S. The van der Waals surface area contributed by atoms with Crippen molar-refractivity contribution in [1.29, 1.82) is 5.26 Å². The van der Waals surface area contributed by atoms with E-state index in [9.17, 15) is 0 Å². The number of anilines is 2. The maximum Gasteiger partial charge on any atom is 0.0992 e. The van der Waals surface area contributed by atoms with E-state index in [1.54, 1.807) is 11.8 Å². The van der Waals surface area contributed by atoms with Crippen LogP contribution in [0.2, 0.25) is 0 Å². The van der Waals surface area contributed by atoms with Crippen molar-refractivity contribution in [3.8, 4) is 6.07 Å². The molecule has 23 heavy (non-hydrogen) atoms. The van der Waals surface area contributed by atoms with E-state index in [2.05, 4.69) is 67.2 Å². The summed E-state index contributed by atoms with van der Waals surface area (Å²) in [5.74, 6) is 0.546. The molecule has 2 aromatic carbocycles. The van der Waals surface area contributed by atoms with Gasteiger partial charge in [-0.05, 0) is 50.3 Å². The first kappa shape index (κ1) is 15.9. The van der Waals surface area contributed by atoms with E-state index in [1.165, 1.54) is 21.2 Å². The Kier molecular flexibility index (Phi) is 4.61. The van der Waals surface area contributed by atoms with Crippen molar-refractivity contribution >= 4 is 23.1 Å². The average Bonchev–Trinajstić information content (AvgIpc) is 2.53. The predicted octanol–water partition coefficient (Wildman–Crippen LogP) is 4.36. The van der Waals surface area contributed by atoms with Crippen molar-refractivity contribution in [2.75, 3.05) is 32.1 Å². The molecule has 1 aliphatic rings. The summed E-state index contributed by atoms with van der Waals surface area (Å²) in [6, 6.07) is 16.8. The third kappa shape index (κ3) is 3.36. The van der Waals surface area contributed by atoms with Crippen LogP contribution >= 0.6 is 11.8 Å². The van der Waals surface area contributed by atoms with Crippen LogP contribution in [-0.2, 0) is 0 Å². The summed E-state index contributed by atoms with van der Waals surface area (Å²) in [5, 5.41) is 9.17. The normalized spacial score (nSPS) is 14.1. The minimum absolute atomic E-state index is 0.546. The highest BCUT2D eigenvalue weighted by atomic mass is 32.2. The van der Waals surface area contributed by atoms with Gasteiger partial charge in [0.05, 0.1) is 23.0 Å². The first-order valence-electron chi connectivity index (χ1n) is 7.82. The Bertz CT molecular complexity index is 749. The highest BCUT2D eigenvalue weighted by Gasteiger charge is 2.24. The molecule has 3 nitrogen and oxygen atoms in total. The monoisotopic (exact) mass is 323 g/mol. The molecule has 0 bridgehead atoms. The lowest BCUT2D eigenvalue weighted by Gasteiger charge is -2.35. The van der Waals surface area contributed by atoms with Crippen molar-refractivity contribution in [1.82, 2.24) is 4.90 Å². The SMILES string of the molecule is CC(CN(C)C)CN1c2ccccc2Sc2cc(C#N)ccc21. The van der Waals surface area contributed by atoms with Crippen LogP contribution in [0.4, 0.5) is 11.4 Å². The van der Waals surface area contributed by atoms with Gasteiger partial charge in [0, 0.05) is 22.9 Å². The molecule has 4 heteroatoms. The van der Waals surface area contributed by atoms with Gasteiger partial charge in [0.2, 0.25) is 0 Å². The van der Waals surface area contributed by atoms with E-state index in [-0.39, 0.29) is 0 Å². The standard InChI is InChI=1S/C19H21N3S/c1-14(12-21(2)3)13-22-16-6-4-5-7-18(16)23-19-10-15(11-20)8-9-17(19)22/h4-10,14H,12-13H2,1-3H3. The lowest BCUT2D eigenvalue weighted by molar-refractivity contribution is 0.343. The summed E-state index contributed by atoms with van der Waals surface area (Å²) >= 11 is 1.75. The van der Waals surface area contributed by atoms with Crippen LogP contribution in [-0.4, -0.2) is 32.1 Å². The van der Waals surface area contributed by atoms with Crippen molar-refractivity contribution in [3.05, 3.63) is 48.0 Å². The molecule has 0 saturated carbocycles. The number of nitrogens with zero attached hydrogens (tertiary/aromatic N) is 3. The smallest absolute Gasteiger partial charge is 0.0992 e. The predicted molar refractivity (Wildman–Crippen MR) is 96.4 cm³/mol. The molecule has 1 unspecified atom stereocenters. The van der Waals surface area contributed by atoms with Crippen LogP contribution in [0.5, 0.6) is 0 Å². The Morgan fingerprint density at radius 2 is 1.87 bits per heavy atom. The fraction of sp³-hybridized carbons (Fsp3) is 0.316. The topological polar surface area (TPSA) is 30.3 Å². The third-order valence-electron chi connectivity index (χ3n) is 3.93. The maximum absolute atomic E-state index is 9.17. The van der Waals surface area contributed by atoms with Gasteiger partial charge in [0.25, 0.3) is 0 Å². The van der Waals surface area contributed by atoms with Gasteiger partial charge in [-0.15, -0.1) is 0 Å². The summed E-state index contributed by atoms with van der Waals surface area (Å²) in [5.41, 5.74) is 3.19. The molecule has 0 N–H and O–H groups in total. The van der Waals surface area contributed by atoms with Crippen LogP contribution in [0, 0.1) is 17.2 Å². The summed E-state index contributed by atoms with van der Waals surface area (Å²) in [4.78, 5) is 7.05. The summed E-state index contributed by atoms with van der Waals surface area (Å²) in [7, 11) is 4.23. The molecule has 3 rings (SSSR count). The van der Waals surface area contributed by atoms with E-state index in [4.69, 9.17) is 5.26 Å². The zero-order valence-electron chi connectivity index (χ0n) is 13.8. The number of para-hydroxylation sites is 1. The lowest BCUT2D eigenvalue weighted by Crippen LogP contribution is -2.31. The van der Waals surface area contributed by atoms with Gasteiger partial charge in [-0.2, -0.15) is 5.26 Å². The number of rotatable bonds is 4. The second kappa shape index (κ2) is 6.66. The van der Waals surface area contributed by atoms with Crippen LogP contribution in [0.15, 0.2) is 52.3 Å². The Morgan fingerprint density at radius 3 is 2.61 bits per heavy atom. The zero-order chi connectivity index (χ0) is 16.4. The van der Waals surface area contributed by atoms with E-state index < -0.39 is 0 Å². The van der Waals surface area contributed by atoms with Crippen LogP contribution < -0.4 is 4.90 Å². The summed E-state index contributed by atoms with van der Waals surface area (Å²) in [6.45, 7) is 4.31.